The predicted octanol–water partition coefficient (Wildman–Crippen LogP) is 2.94. The van der Waals surface area contributed by atoms with Crippen molar-refractivity contribution in [2.45, 2.75) is 33.1 Å². The van der Waals surface area contributed by atoms with Crippen LogP contribution in [0.2, 0.25) is 0 Å². The fourth-order valence-electron chi connectivity index (χ4n) is 2.47. The molecule has 1 aromatic rings. The number of rotatable bonds is 4. The van der Waals surface area contributed by atoms with Crippen LogP contribution >= 0.6 is 24.0 Å². The molecule has 0 spiro atoms. The number of pyridine rings is 1. The molecule has 1 N–H and O–H groups in total. The SMILES string of the molecule is CCNC(=NCCc1ccccn1)N1CCC(C)CC1.I. The van der Waals surface area contributed by atoms with Gasteiger partial charge in [0, 0.05) is 44.5 Å². The molecule has 2 rings (SSSR count). The standard InChI is InChI=1S/C16H26N4.HI/c1-3-17-16(20-12-8-14(2)9-13-20)19-11-7-15-6-4-5-10-18-15;/h4-6,10,14H,3,7-9,11-13H2,1-2H3,(H,17,19);1H. The van der Waals surface area contributed by atoms with Crippen molar-refractivity contribution in [1.29, 1.82) is 0 Å². The number of hydrogen-bond donors (Lipinski definition) is 1. The van der Waals surface area contributed by atoms with Crippen LogP contribution in [-0.2, 0) is 6.42 Å². The molecule has 0 amide bonds. The third-order valence-corrected chi connectivity index (χ3v) is 3.77. The van der Waals surface area contributed by atoms with Crippen molar-refractivity contribution in [2.24, 2.45) is 10.9 Å². The smallest absolute Gasteiger partial charge is 0.193 e. The first-order valence-electron chi connectivity index (χ1n) is 7.72. The maximum absolute atomic E-state index is 4.75. The van der Waals surface area contributed by atoms with Gasteiger partial charge in [-0.05, 0) is 37.8 Å². The van der Waals surface area contributed by atoms with Crippen LogP contribution in [-0.4, -0.2) is 42.0 Å². The molecule has 0 saturated carbocycles. The van der Waals surface area contributed by atoms with Gasteiger partial charge in [-0.3, -0.25) is 9.98 Å². The van der Waals surface area contributed by atoms with Crippen LogP contribution in [0, 0.1) is 5.92 Å². The molecule has 1 aromatic heterocycles. The molecule has 0 radical (unpaired) electrons. The van der Waals surface area contributed by atoms with Crippen molar-refractivity contribution in [3.63, 3.8) is 0 Å². The molecule has 0 aromatic carbocycles. The summed E-state index contributed by atoms with van der Waals surface area (Å²) in [6, 6.07) is 6.04. The maximum Gasteiger partial charge on any atom is 0.193 e. The summed E-state index contributed by atoms with van der Waals surface area (Å²) in [5.74, 6) is 1.91. The maximum atomic E-state index is 4.75. The fourth-order valence-corrected chi connectivity index (χ4v) is 2.47. The number of nitrogens with one attached hydrogen (secondary N) is 1. The van der Waals surface area contributed by atoms with Crippen molar-refractivity contribution in [2.75, 3.05) is 26.2 Å². The van der Waals surface area contributed by atoms with Crippen molar-refractivity contribution < 1.29 is 0 Å². The first-order chi connectivity index (χ1) is 9.79. The van der Waals surface area contributed by atoms with Crippen LogP contribution < -0.4 is 5.32 Å². The van der Waals surface area contributed by atoms with Gasteiger partial charge in [0.15, 0.2) is 5.96 Å². The van der Waals surface area contributed by atoms with Gasteiger partial charge >= 0.3 is 0 Å². The van der Waals surface area contributed by atoms with E-state index in [9.17, 15) is 0 Å². The molecule has 0 unspecified atom stereocenters. The van der Waals surface area contributed by atoms with Gasteiger partial charge in [-0.15, -0.1) is 24.0 Å². The van der Waals surface area contributed by atoms with Gasteiger partial charge in [-0.25, -0.2) is 0 Å². The molecule has 0 aliphatic carbocycles. The lowest BCUT2D eigenvalue weighted by molar-refractivity contribution is 0.273. The Morgan fingerprint density at radius 2 is 2.14 bits per heavy atom. The molecule has 4 nitrogen and oxygen atoms in total. The molecule has 118 valence electrons. The van der Waals surface area contributed by atoms with E-state index < -0.39 is 0 Å². The second kappa shape index (κ2) is 9.97. The highest BCUT2D eigenvalue weighted by atomic mass is 127. The van der Waals surface area contributed by atoms with Gasteiger partial charge in [0.2, 0.25) is 0 Å². The number of hydrogen-bond acceptors (Lipinski definition) is 2. The van der Waals surface area contributed by atoms with Gasteiger partial charge in [-0.1, -0.05) is 13.0 Å². The number of nitrogens with zero attached hydrogens (tertiary/aromatic N) is 3. The number of piperidine rings is 1. The summed E-state index contributed by atoms with van der Waals surface area (Å²) in [6.07, 6.45) is 5.28. The van der Waals surface area contributed by atoms with Crippen molar-refractivity contribution in [3.8, 4) is 0 Å². The summed E-state index contributed by atoms with van der Waals surface area (Å²) >= 11 is 0. The Bertz CT molecular complexity index is 414. The Hall–Kier alpha value is -0.850. The molecular formula is C16H27IN4. The Balaban J connectivity index is 0.00000220. The fraction of sp³-hybridized carbons (Fsp3) is 0.625. The topological polar surface area (TPSA) is 40.5 Å². The van der Waals surface area contributed by atoms with E-state index in [1.165, 1.54) is 12.8 Å². The minimum atomic E-state index is 0. The molecule has 0 atom stereocenters. The third kappa shape index (κ3) is 6.20. The quantitative estimate of drug-likeness (QED) is 0.478. The Kier molecular flexibility index (Phi) is 8.64. The molecule has 1 fully saturated rings. The van der Waals surface area contributed by atoms with Crippen LogP contribution in [0.5, 0.6) is 0 Å². The predicted molar refractivity (Wildman–Crippen MR) is 99.3 cm³/mol. The van der Waals surface area contributed by atoms with Crippen molar-refractivity contribution in [3.05, 3.63) is 30.1 Å². The zero-order valence-electron chi connectivity index (χ0n) is 13.1. The van der Waals surface area contributed by atoms with E-state index in [0.29, 0.717) is 0 Å². The minimum Gasteiger partial charge on any atom is -0.357 e. The highest BCUT2D eigenvalue weighted by Gasteiger charge is 2.18. The van der Waals surface area contributed by atoms with E-state index in [4.69, 9.17) is 4.99 Å². The lowest BCUT2D eigenvalue weighted by Crippen LogP contribution is -2.45. The summed E-state index contributed by atoms with van der Waals surface area (Å²) in [7, 11) is 0. The molecule has 5 heteroatoms. The third-order valence-electron chi connectivity index (χ3n) is 3.77. The van der Waals surface area contributed by atoms with Crippen molar-refractivity contribution in [1.82, 2.24) is 15.2 Å². The molecule has 1 saturated heterocycles. The normalized spacial score (nSPS) is 16.5. The van der Waals surface area contributed by atoms with Gasteiger partial charge in [0.05, 0.1) is 0 Å². The number of halogens is 1. The van der Waals surface area contributed by atoms with Crippen LogP contribution in [0.4, 0.5) is 0 Å². The van der Waals surface area contributed by atoms with Crippen LogP contribution in [0.25, 0.3) is 0 Å². The summed E-state index contributed by atoms with van der Waals surface area (Å²) in [5, 5.41) is 3.41. The molecule has 0 bridgehead atoms. The van der Waals surface area contributed by atoms with E-state index in [2.05, 4.69) is 35.1 Å². The van der Waals surface area contributed by atoms with Gasteiger partial charge in [0.1, 0.15) is 0 Å². The summed E-state index contributed by atoms with van der Waals surface area (Å²) in [4.78, 5) is 11.5. The molecule has 2 heterocycles. The minimum absolute atomic E-state index is 0. The molecule has 1 aliphatic heterocycles. The summed E-state index contributed by atoms with van der Waals surface area (Å²) in [5.41, 5.74) is 1.11. The number of aromatic nitrogens is 1. The number of guanidine groups is 1. The van der Waals surface area contributed by atoms with E-state index in [1.54, 1.807) is 0 Å². The van der Waals surface area contributed by atoms with Gasteiger partial charge in [-0.2, -0.15) is 0 Å². The number of likely N-dealkylation sites (tertiary alicyclic amines) is 1. The first-order valence-corrected chi connectivity index (χ1v) is 7.72. The van der Waals surface area contributed by atoms with Crippen LogP contribution in [0.1, 0.15) is 32.4 Å². The number of aliphatic imine (C=N–C) groups is 1. The van der Waals surface area contributed by atoms with Crippen LogP contribution in [0.3, 0.4) is 0 Å². The lowest BCUT2D eigenvalue weighted by Gasteiger charge is -2.33. The Morgan fingerprint density at radius 1 is 1.38 bits per heavy atom. The highest BCUT2D eigenvalue weighted by molar-refractivity contribution is 14.0. The van der Waals surface area contributed by atoms with Gasteiger partial charge < -0.3 is 10.2 Å². The van der Waals surface area contributed by atoms with Crippen molar-refractivity contribution >= 4 is 29.9 Å². The summed E-state index contributed by atoms with van der Waals surface area (Å²) < 4.78 is 0. The second-order valence-electron chi connectivity index (χ2n) is 5.48. The van der Waals surface area contributed by atoms with E-state index in [-0.39, 0.29) is 24.0 Å². The first kappa shape index (κ1) is 18.2. The zero-order chi connectivity index (χ0) is 14.2. The average molecular weight is 402 g/mol. The van der Waals surface area contributed by atoms with Crippen LogP contribution in [0.15, 0.2) is 29.4 Å². The van der Waals surface area contributed by atoms with Gasteiger partial charge in [0.25, 0.3) is 0 Å². The summed E-state index contributed by atoms with van der Waals surface area (Å²) in [6.45, 7) is 8.43. The monoisotopic (exact) mass is 402 g/mol. The largest absolute Gasteiger partial charge is 0.357 e. The van der Waals surface area contributed by atoms with E-state index >= 15 is 0 Å². The second-order valence-corrected chi connectivity index (χ2v) is 5.48. The molecule has 1 aliphatic rings. The molecular weight excluding hydrogens is 375 g/mol. The lowest BCUT2D eigenvalue weighted by atomic mass is 10.00. The average Bonchev–Trinajstić information content (AvgIpc) is 2.48. The zero-order valence-corrected chi connectivity index (χ0v) is 15.4. The highest BCUT2D eigenvalue weighted by Crippen LogP contribution is 2.15. The molecule has 21 heavy (non-hydrogen) atoms. The Morgan fingerprint density at radius 3 is 2.76 bits per heavy atom. The van der Waals surface area contributed by atoms with E-state index in [1.807, 2.05) is 18.3 Å². The Labute approximate surface area is 145 Å². The van der Waals surface area contributed by atoms with E-state index in [0.717, 1.165) is 50.2 Å².